The minimum Gasteiger partial charge on any atom is -0.363 e. The van der Waals surface area contributed by atoms with E-state index in [4.69, 9.17) is 4.74 Å². The summed E-state index contributed by atoms with van der Waals surface area (Å²) in [5, 5.41) is 5.30. The summed E-state index contributed by atoms with van der Waals surface area (Å²) in [6.07, 6.45) is 0. The summed E-state index contributed by atoms with van der Waals surface area (Å²) < 4.78 is 31.5. The predicted molar refractivity (Wildman–Crippen MR) is 62.2 cm³/mol. The number of amides is 1. The van der Waals surface area contributed by atoms with Crippen molar-refractivity contribution in [2.45, 2.75) is 12.5 Å². The van der Waals surface area contributed by atoms with E-state index in [-0.39, 0.29) is 17.9 Å². The van der Waals surface area contributed by atoms with Crippen LogP contribution in [0.5, 0.6) is 0 Å². The molecule has 0 aliphatic carbocycles. The Bertz CT molecular complexity index is 461. The molecule has 1 heterocycles. The van der Waals surface area contributed by atoms with Gasteiger partial charge in [-0.1, -0.05) is 0 Å². The lowest BCUT2D eigenvalue weighted by molar-refractivity contribution is -0.130. The molecule has 0 bridgehead atoms. The number of hydrogen-bond acceptors (Lipinski definition) is 3. The normalized spacial score (nSPS) is 17.1. The van der Waals surface area contributed by atoms with Gasteiger partial charge in [-0.3, -0.25) is 4.79 Å². The van der Waals surface area contributed by atoms with Crippen molar-refractivity contribution in [3.8, 4) is 0 Å². The van der Waals surface area contributed by atoms with E-state index in [9.17, 15) is 13.6 Å². The molecule has 98 valence electrons. The van der Waals surface area contributed by atoms with E-state index >= 15 is 0 Å². The summed E-state index contributed by atoms with van der Waals surface area (Å²) in [6, 6.07) is 2.88. The van der Waals surface area contributed by atoms with Crippen LogP contribution in [0.25, 0.3) is 0 Å². The number of ether oxygens (including phenoxy) is 1. The molecule has 1 saturated heterocycles. The van der Waals surface area contributed by atoms with Gasteiger partial charge < -0.3 is 15.4 Å². The molecular weight excluding hydrogens is 242 g/mol. The molecule has 4 nitrogen and oxygen atoms in total. The van der Waals surface area contributed by atoms with Crippen molar-refractivity contribution in [2.75, 3.05) is 25.0 Å². The third-order valence-corrected chi connectivity index (χ3v) is 2.75. The standard InChI is InChI=1S/C12H14F2N2O2/c1-12(6-15-7-12)18-5-11(17)16-10-4-8(13)2-3-9(10)14/h2-4,15H,5-7H2,1H3,(H,16,17). The van der Waals surface area contributed by atoms with Crippen molar-refractivity contribution < 1.29 is 18.3 Å². The first kappa shape index (κ1) is 12.9. The Morgan fingerprint density at radius 3 is 2.83 bits per heavy atom. The number of rotatable bonds is 4. The van der Waals surface area contributed by atoms with Crippen molar-refractivity contribution in [3.63, 3.8) is 0 Å². The molecule has 1 aliphatic rings. The van der Waals surface area contributed by atoms with Gasteiger partial charge in [0.25, 0.3) is 0 Å². The molecule has 1 aromatic carbocycles. The molecule has 1 amide bonds. The Kier molecular flexibility index (Phi) is 3.58. The average Bonchev–Trinajstić information content (AvgIpc) is 2.29. The van der Waals surface area contributed by atoms with Gasteiger partial charge in [0, 0.05) is 19.2 Å². The largest absolute Gasteiger partial charge is 0.363 e. The zero-order valence-electron chi connectivity index (χ0n) is 9.93. The zero-order chi connectivity index (χ0) is 13.2. The van der Waals surface area contributed by atoms with Gasteiger partial charge >= 0.3 is 0 Å². The van der Waals surface area contributed by atoms with Crippen LogP contribution < -0.4 is 10.6 Å². The summed E-state index contributed by atoms with van der Waals surface area (Å²) in [7, 11) is 0. The maximum absolute atomic E-state index is 13.2. The molecule has 0 aromatic heterocycles. The number of anilines is 1. The van der Waals surface area contributed by atoms with Crippen LogP contribution >= 0.6 is 0 Å². The molecule has 1 aliphatic heterocycles. The third kappa shape index (κ3) is 3.02. The van der Waals surface area contributed by atoms with Crippen molar-refractivity contribution in [2.24, 2.45) is 0 Å². The minimum atomic E-state index is -0.679. The molecule has 2 rings (SSSR count). The molecule has 0 unspecified atom stereocenters. The highest BCUT2D eigenvalue weighted by atomic mass is 19.1. The van der Waals surface area contributed by atoms with Crippen LogP contribution in [0.1, 0.15) is 6.92 Å². The maximum atomic E-state index is 13.2. The molecule has 2 N–H and O–H groups in total. The van der Waals surface area contributed by atoms with Crippen LogP contribution in [0.15, 0.2) is 18.2 Å². The van der Waals surface area contributed by atoms with E-state index < -0.39 is 17.5 Å². The lowest BCUT2D eigenvalue weighted by Gasteiger charge is -2.38. The highest BCUT2D eigenvalue weighted by Gasteiger charge is 2.33. The topological polar surface area (TPSA) is 50.4 Å². The van der Waals surface area contributed by atoms with Crippen LogP contribution in [-0.2, 0) is 9.53 Å². The second-order valence-electron chi connectivity index (χ2n) is 4.51. The Morgan fingerprint density at radius 1 is 1.50 bits per heavy atom. The fourth-order valence-corrected chi connectivity index (χ4v) is 1.60. The zero-order valence-corrected chi connectivity index (χ0v) is 9.93. The second kappa shape index (κ2) is 4.99. The third-order valence-electron chi connectivity index (χ3n) is 2.75. The molecule has 0 atom stereocenters. The summed E-state index contributed by atoms with van der Waals surface area (Å²) in [5.41, 5.74) is -0.529. The van der Waals surface area contributed by atoms with E-state index in [1.54, 1.807) is 0 Å². The van der Waals surface area contributed by atoms with Crippen molar-refractivity contribution >= 4 is 11.6 Å². The predicted octanol–water partition coefficient (Wildman–Crippen LogP) is 1.28. The quantitative estimate of drug-likeness (QED) is 0.853. The SMILES string of the molecule is CC1(OCC(=O)Nc2cc(F)ccc2F)CNC1. The Hall–Kier alpha value is -1.53. The molecule has 6 heteroatoms. The summed E-state index contributed by atoms with van der Waals surface area (Å²) >= 11 is 0. The fraction of sp³-hybridized carbons (Fsp3) is 0.417. The summed E-state index contributed by atoms with van der Waals surface area (Å²) in [5.74, 6) is -1.79. The van der Waals surface area contributed by atoms with Crippen LogP contribution in [0.2, 0.25) is 0 Å². The number of hydrogen-bond donors (Lipinski definition) is 2. The molecule has 0 spiro atoms. The van der Waals surface area contributed by atoms with E-state index in [1.165, 1.54) is 0 Å². The van der Waals surface area contributed by atoms with Gasteiger partial charge in [0.05, 0.1) is 11.3 Å². The summed E-state index contributed by atoms with van der Waals surface area (Å²) in [4.78, 5) is 11.5. The monoisotopic (exact) mass is 256 g/mol. The lowest BCUT2D eigenvalue weighted by atomic mass is 10.0. The second-order valence-corrected chi connectivity index (χ2v) is 4.51. The lowest BCUT2D eigenvalue weighted by Crippen LogP contribution is -2.59. The number of carbonyl (C=O) groups is 1. The minimum absolute atomic E-state index is 0.180. The van der Waals surface area contributed by atoms with Crippen molar-refractivity contribution in [3.05, 3.63) is 29.8 Å². The van der Waals surface area contributed by atoms with Gasteiger partial charge in [-0.25, -0.2) is 8.78 Å². The summed E-state index contributed by atoms with van der Waals surface area (Å²) in [6.45, 7) is 3.04. The number of carbonyl (C=O) groups excluding carboxylic acids is 1. The first-order valence-electron chi connectivity index (χ1n) is 5.58. The average molecular weight is 256 g/mol. The molecule has 0 saturated carbocycles. The molecule has 1 fully saturated rings. The first-order valence-corrected chi connectivity index (χ1v) is 5.58. The van der Waals surface area contributed by atoms with E-state index in [1.807, 2.05) is 6.92 Å². The van der Waals surface area contributed by atoms with Gasteiger partial charge in [-0.2, -0.15) is 0 Å². The number of halogens is 2. The van der Waals surface area contributed by atoms with Crippen LogP contribution in [0, 0.1) is 11.6 Å². The van der Waals surface area contributed by atoms with Gasteiger partial charge in [-0.05, 0) is 19.1 Å². The highest BCUT2D eigenvalue weighted by Crippen LogP contribution is 2.17. The van der Waals surface area contributed by atoms with E-state index in [0.29, 0.717) is 13.1 Å². The Balaban J connectivity index is 1.88. The Labute approximate surface area is 103 Å². The van der Waals surface area contributed by atoms with Crippen molar-refractivity contribution in [1.29, 1.82) is 0 Å². The van der Waals surface area contributed by atoms with Gasteiger partial charge in [-0.15, -0.1) is 0 Å². The van der Waals surface area contributed by atoms with Crippen molar-refractivity contribution in [1.82, 2.24) is 5.32 Å². The van der Waals surface area contributed by atoms with Crippen LogP contribution in [0.4, 0.5) is 14.5 Å². The van der Waals surface area contributed by atoms with Gasteiger partial charge in [0.15, 0.2) is 0 Å². The molecule has 18 heavy (non-hydrogen) atoms. The smallest absolute Gasteiger partial charge is 0.250 e. The molecule has 0 radical (unpaired) electrons. The molecular formula is C12H14F2N2O2. The molecule has 1 aromatic rings. The Morgan fingerprint density at radius 2 is 2.22 bits per heavy atom. The van der Waals surface area contributed by atoms with E-state index in [0.717, 1.165) is 18.2 Å². The number of nitrogens with one attached hydrogen (secondary N) is 2. The van der Waals surface area contributed by atoms with Gasteiger partial charge in [0.1, 0.15) is 18.2 Å². The number of benzene rings is 1. The van der Waals surface area contributed by atoms with Crippen LogP contribution in [0.3, 0.4) is 0 Å². The maximum Gasteiger partial charge on any atom is 0.250 e. The van der Waals surface area contributed by atoms with Gasteiger partial charge in [0.2, 0.25) is 5.91 Å². The van der Waals surface area contributed by atoms with E-state index in [2.05, 4.69) is 10.6 Å². The fourth-order valence-electron chi connectivity index (χ4n) is 1.60. The highest BCUT2D eigenvalue weighted by molar-refractivity contribution is 5.91. The first-order chi connectivity index (χ1) is 8.48. The van der Waals surface area contributed by atoms with Crippen LogP contribution in [-0.4, -0.2) is 31.2 Å².